The van der Waals surface area contributed by atoms with Crippen molar-refractivity contribution >= 4 is 29.3 Å². The molecule has 0 saturated carbocycles. The molecule has 138 valence electrons. The average molecular weight is 397 g/mol. The van der Waals surface area contributed by atoms with Crippen LogP contribution in [0.3, 0.4) is 0 Å². The highest BCUT2D eigenvalue weighted by Crippen LogP contribution is 2.25. The molecule has 1 saturated heterocycles. The molecule has 1 heterocycles. The van der Waals surface area contributed by atoms with E-state index >= 15 is 0 Å². The number of ether oxygens (including phenoxy) is 2. The standard InChI is InChI=1S/C18H18Cl2N2O4/c19-15-7-6-12(8-16(15)20)17(23)9-21-22-10-14(26-18(22)24)11-25-13-4-2-1-3-5-13/h1-8,14,17,21,23H,9-11H2. The first-order valence-electron chi connectivity index (χ1n) is 8.05. The van der Waals surface area contributed by atoms with Gasteiger partial charge >= 0.3 is 6.09 Å². The average Bonchev–Trinajstić information content (AvgIpc) is 3.01. The van der Waals surface area contributed by atoms with Crippen molar-refractivity contribution in [2.75, 3.05) is 19.7 Å². The number of cyclic esters (lactones) is 1. The number of amides is 1. The lowest BCUT2D eigenvalue weighted by molar-refractivity contribution is 0.0986. The second-order valence-electron chi connectivity index (χ2n) is 5.79. The van der Waals surface area contributed by atoms with Gasteiger partial charge in [0.05, 0.1) is 22.7 Å². The van der Waals surface area contributed by atoms with Crippen molar-refractivity contribution in [1.29, 1.82) is 0 Å². The van der Waals surface area contributed by atoms with Crippen LogP contribution in [0.25, 0.3) is 0 Å². The zero-order chi connectivity index (χ0) is 18.5. The Hall–Kier alpha value is -1.99. The minimum atomic E-state index is -0.850. The van der Waals surface area contributed by atoms with Gasteiger partial charge in [0.25, 0.3) is 0 Å². The highest BCUT2D eigenvalue weighted by molar-refractivity contribution is 6.42. The maximum Gasteiger partial charge on any atom is 0.424 e. The highest BCUT2D eigenvalue weighted by atomic mass is 35.5. The smallest absolute Gasteiger partial charge is 0.424 e. The van der Waals surface area contributed by atoms with Crippen molar-refractivity contribution in [3.05, 3.63) is 64.1 Å². The number of para-hydroxylation sites is 1. The fourth-order valence-corrected chi connectivity index (χ4v) is 2.78. The summed E-state index contributed by atoms with van der Waals surface area (Å²) in [7, 11) is 0. The number of nitrogens with zero attached hydrogens (tertiary/aromatic N) is 1. The zero-order valence-electron chi connectivity index (χ0n) is 13.8. The minimum Gasteiger partial charge on any atom is -0.490 e. The van der Waals surface area contributed by atoms with Gasteiger partial charge in [0.1, 0.15) is 12.4 Å². The lowest BCUT2D eigenvalue weighted by Crippen LogP contribution is -2.41. The second-order valence-corrected chi connectivity index (χ2v) is 6.61. The molecular formula is C18H18Cl2N2O4. The van der Waals surface area contributed by atoms with E-state index in [1.54, 1.807) is 18.2 Å². The van der Waals surface area contributed by atoms with Gasteiger partial charge < -0.3 is 14.6 Å². The molecule has 0 spiro atoms. The molecule has 2 atom stereocenters. The topological polar surface area (TPSA) is 71.0 Å². The summed E-state index contributed by atoms with van der Waals surface area (Å²) in [5.41, 5.74) is 3.47. The third-order valence-electron chi connectivity index (χ3n) is 3.86. The quantitative estimate of drug-likeness (QED) is 0.749. The first-order chi connectivity index (χ1) is 12.5. The van der Waals surface area contributed by atoms with Crippen molar-refractivity contribution in [2.24, 2.45) is 0 Å². The molecule has 2 aromatic carbocycles. The van der Waals surface area contributed by atoms with Gasteiger partial charge in [-0.2, -0.15) is 0 Å². The summed E-state index contributed by atoms with van der Waals surface area (Å²) in [5, 5.41) is 12.3. The van der Waals surface area contributed by atoms with E-state index in [4.69, 9.17) is 32.7 Å². The first-order valence-corrected chi connectivity index (χ1v) is 8.81. The normalized spacial score (nSPS) is 17.9. The van der Waals surface area contributed by atoms with Crippen LogP contribution in [0.5, 0.6) is 5.75 Å². The molecule has 2 aromatic rings. The summed E-state index contributed by atoms with van der Waals surface area (Å²) < 4.78 is 10.8. The number of nitrogens with one attached hydrogen (secondary N) is 1. The molecule has 6 nitrogen and oxygen atoms in total. The number of carbonyl (C=O) groups is 1. The number of benzene rings is 2. The van der Waals surface area contributed by atoms with Crippen LogP contribution in [0.4, 0.5) is 4.79 Å². The predicted octanol–water partition coefficient (Wildman–Crippen LogP) is 3.43. The molecule has 0 aromatic heterocycles. The van der Waals surface area contributed by atoms with Gasteiger partial charge in [-0.05, 0) is 29.8 Å². The van der Waals surface area contributed by atoms with Gasteiger partial charge in [-0.15, -0.1) is 0 Å². The van der Waals surface area contributed by atoms with Crippen LogP contribution < -0.4 is 10.2 Å². The van der Waals surface area contributed by atoms with Crippen LogP contribution in [0.15, 0.2) is 48.5 Å². The van der Waals surface area contributed by atoms with Gasteiger partial charge in [-0.25, -0.2) is 15.2 Å². The Balaban J connectivity index is 1.47. The van der Waals surface area contributed by atoms with Crippen molar-refractivity contribution in [2.45, 2.75) is 12.2 Å². The Labute approximate surface area is 161 Å². The monoisotopic (exact) mass is 396 g/mol. The number of halogens is 2. The molecule has 0 aliphatic carbocycles. The Morgan fingerprint density at radius 2 is 2.00 bits per heavy atom. The summed E-state index contributed by atoms with van der Waals surface area (Å²) in [6.07, 6.45) is -1.75. The Morgan fingerprint density at radius 3 is 2.73 bits per heavy atom. The Morgan fingerprint density at radius 1 is 1.23 bits per heavy atom. The summed E-state index contributed by atoms with van der Waals surface area (Å²) in [5.74, 6) is 0.713. The van der Waals surface area contributed by atoms with Gasteiger partial charge in [0, 0.05) is 6.54 Å². The summed E-state index contributed by atoms with van der Waals surface area (Å²) >= 11 is 11.8. The van der Waals surface area contributed by atoms with Crippen LogP contribution in [0.1, 0.15) is 11.7 Å². The van der Waals surface area contributed by atoms with Gasteiger partial charge in [0.2, 0.25) is 0 Å². The number of carbonyl (C=O) groups excluding carboxylic acids is 1. The molecule has 8 heteroatoms. The van der Waals surface area contributed by atoms with Crippen LogP contribution in [0, 0.1) is 0 Å². The molecule has 1 fully saturated rings. The number of hydrogen-bond acceptors (Lipinski definition) is 5. The number of rotatable bonds is 7. The van der Waals surface area contributed by atoms with Crippen LogP contribution in [-0.4, -0.2) is 42.0 Å². The second kappa shape index (κ2) is 8.60. The molecular weight excluding hydrogens is 379 g/mol. The maximum absolute atomic E-state index is 11.9. The van der Waals surface area contributed by atoms with Crippen molar-refractivity contribution in [3.63, 3.8) is 0 Å². The molecule has 1 aliphatic heterocycles. The van der Waals surface area contributed by atoms with Gasteiger partial charge in [-0.3, -0.25) is 0 Å². The molecule has 26 heavy (non-hydrogen) atoms. The highest BCUT2D eigenvalue weighted by Gasteiger charge is 2.32. The Kier molecular flexibility index (Phi) is 6.21. The van der Waals surface area contributed by atoms with Gasteiger partial charge in [-0.1, -0.05) is 47.5 Å². The van der Waals surface area contributed by atoms with Crippen LogP contribution in [-0.2, 0) is 4.74 Å². The van der Waals surface area contributed by atoms with Gasteiger partial charge in [0.15, 0.2) is 6.10 Å². The fraction of sp³-hybridized carbons (Fsp3) is 0.278. The largest absolute Gasteiger partial charge is 0.490 e. The molecule has 0 bridgehead atoms. The van der Waals surface area contributed by atoms with Crippen molar-refractivity contribution in [1.82, 2.24) is 10.4 Å². The number of hydrazine groups is 1. The number of hydrogen-bond donors (Lipinski definition) is 2. The van der Waals surface area contributed by atoms with E-state index in [2.05, 4.69) is 5.43 Å². The predicted molar refractivity (Wildman–Crippen MR) is 98.3 cm³/mol. The molecule has 3 rings (SSSR count). The molecule has 2 N–H and O–H groups in total. The molecule has 0 radical (unpaired) electrons. The van der Waals surface area contributed by atoms with E-state index in [1.165, 1.54) is 5.01 Å². The molecule has 1 aliphatic rings. The lowest BCUT2D eigenvalue weighted by Gasteiger charge is -2.18. The molecule has 2 unspecified atom stereocenters. The minimum absolute atomic E-state index is 0.124. The van der Waals surface area contributed by atoms with E-state index in [1.807, 2.05) is 30.3 Å². The molecule has 1 amide bonds. The van der Waals surface area contributed by atoms with E-state index in [-0.39, 0.29) is 13.2 Å². The SMILES string of the molecule is O=C1OC(COc2ccccc2)CN1NCC(O)c1ccc(Cl)c(Cl)c1. The third kappa shape index (κ3) is 4.80. The third-order valence-corrected chi connectivity index (χ3v) is 4.60. The Bertz CT molecular complexity index is 760. The fourth-order valence-electron chi connectivity index (χ4n) is 2.48. The maximum atomic E-state index is 11.9. The summed E-state index contributed by atoms with van der Waals surface area (Å²) in [6.45, 7) is 0.697. The van der Waals surface area contributed by atoms with Crippen LogP contribution >= 0.6 is 23.2 Å². The number of aliphatic hydroxyl groups excluding tert-OH is 1. The van der Waals surface area contributed by atoms with Crippen molar-refractivity contribution < 1.29 is 19.4 Å². The zero-order valence-corrected chi connectivity index (χ0v) is 15.3. The van der Waals surface area contributed by atoms with E-state index in [9.17, 15) is 9.90 Å². The summed E-state index contributed by atoms with van der Waals surface area (Å²) in [6, 6.07) is 14.2. The number of aliphatic hydroxyl groups is 1. The van der Waals surface area contributed by atoms with Crippen molar-refractivity contribution in [3.8, 4) is 5.75 Å². The van der Waals surface area contributed by atoms with E-state index in [0.29, 0.717) is 27.9 Å². The van der Waals surface area contributed by atoms with E-state index in [0.717, 1.165) is 0 Å². The summed E-state index contributed by atoms with van der Waals surface area (Å²) in [4.78, 5) is 11.9. The van der Waals surface area contributed by atoms with E-state index < -0.39 is 18.3 Å². The first kappa shape index (κ1) is 18.8. The van der Waals surface area contributed by atoms with Crippen LogP contribution in [0.2, 0.25) is 10.0 Å². The lowest BCUT2D eigenvalue weighted by atomic mass is 10.1.